The van der Waals surface area contributed by atoms with Gasteiger partial charge >= 0.3 is 6.18 Å². The molecule has 0 bridgehead atoms. The quantitative estimate of drug-likeness (QED) is 0.706. The number of hydrogen-bond donors (Lipinski definition) is 1. The van der Waals surface area contributed by atoms with Gasteiger partial charge in [0.2, 0.25) is 0 Å². The van der Waals surface area contributed by atoms with Gasteiger partial charge in [-0.15, -0.1) is 0 Å². The third-order valence-electron chi connectivity index (χ3n) is 2.61. The lowest BCUT2D eigenvalue weighted by Crippen LogP contribution is -2.32. The maximum atomic E-state index is 12.4. The van der Waals surface area contributed by atoms with Crippen molar-refractivity contribution >= 4 is 0 Å². The Kier molecular flexibility index (Phi) is 2.06. The second-order valence-electron chi connectivity index (χ2n) is 3.58. The van der Waals surface area contributed by atoms with E-state index in [4.69, 9.17) is 10.2 Å². The Morgan fingerprint density at radius 2 is 2.14 bits per heavy atom. The first kappa shape index (κ1) is 9.58. The van der Waals surface area contributed by atoms with E-state index >= 15 is 0 Å². The first-order valence-electron chi connectivity index (χ1n) is 4.37. The molecule has 78 valence electrons. The van der Waals surface area contributed by atoms with Crippen LogP contribution in [0, 0.1) is 5.92 Å². The number of hydrogen-bond acceptors (Lipinski definition) is 2. The average Bonchev–Trinajstić information content (AvgIpc) is 2.50. The minimum atomic E-state index is -4.18. The fraction of sp³-hybridized carbons (Fsp3) is 0.556. The van der Waals surface area contributed by atoms with Crippen molar-refractivity contribution in [2.45, 2.75) is 25.1 Å². The maximum Gasteiger partial charge on any atom is 0.392 e. The van der Waals surface area contributed by atoms with Crippen LogP contribution in [-0.4, -0.2) is 6.18 Å². The molecule has 1 aliphatic carbocycles. The van der Waals surface area contributed by atoms with Crippen molar-refractivity contribution in [3.8, 4) is 0 Å². The van der Waals surface area contributed by atoms with Gasteiger partial charge < -0.3 is 10.2 Å². The Morgan fingerprint density at radius 3 is 2.79 bits per heavy atom. The van der Waals surface area contributed by atoms with Gasteiger partial charge in [-0.1, -0.05) is 0 Å². The smallest absolute Gasteiger partial charge is 0.392 e. The van der Waals surface area contributed by atoms with Gasteiger partial charge in [0.1, 0.15) is 5.76 Å². The molecule has 0 saturated carbocycles. The largest absolute Gasteiger partial charge is 0.469 e. The van der Waals surface area contributed by atoms with Crippen molar-refractivity contribution in [1.29, 1.82) is 0 Å². The topological polar surface area (TPSA) is 39.2 Å². The lowest BCUT2D eigenvalue weighted by atomic mass is 9.85. The molecule has 1 aliphatic rings. The van der Waals surface area contributed by atoms with E-state index < -0.39 is 18.1 Å². The predicted octanol–water partition coefficient (Wildman–Crippen LogP) is 2.40. The Labute approximate surface area is 78.9 Å². The Hall–Kier alpha value is -0.970. The molecule has 1 heterocycles. The van der Waals surface area contributed by atoms with Crippen molar-refractivity contribution in [3.63, 3.8) is 0 Å². The van der Waals surface area contributed by atoms with Crippen LogP contribution in [0.3, 0.4) is 0 Å². The molecule has 0 saturated heterocycles. The van der Waals surface area contributed by atoms with Gasteiger partial charge in [-0.25, -0.2) is 0 Å². The monoisotopic (exact) mass is 205 g/mol. The van der Waals surface area contributed by atoms with Crippen LogP contribution < -0.4 is 5.73 Å². The third kappa shape index (κ3) is 1.52. The van der Waals surface area contributed by atoms with Crippen LogP contribution >= 0.6 is 0 Å². The van der Waals surface area contributed by atoms with Crippen LogP contribution in [0.15, 0.2) is 16.7 Å². The maximum absolute atomic E-state index is 12.4. The fourth-order valence-corrected chi connectivity index (χ4v) is 1.84. The molecule has 14 heavy (non-hydrogen) atoms. The second-order valence-corrected chi connectivity index (χ2v) is 3.58. The summed E-state index contributed by atoms with van der Waals surface area (Å²) in [4.78, 5) is 0. The number of alkyl halides is 3. The van der Waals surface area contributed by atoms with Crippen LogP contribution in [-0.2, 0) is 6.42 Å². The highest BCUT2D eigenvalue weighted by molar-refractivity contribution is 5.24. The zero-order valence-corrected chi connectivity index (χ0v) is 7.34. The Balaban J connectivity index is 2.26. The lowest BCUT2D eigenvalue weighted by Gasteiger charge is -2.27. The van der Waals surface area contributed by atoms with E-state index in [1.165, 1.54) is 6.26 Å². The first-order valence-corrected chi connectivity index (χ1v) is 4.37. The molecule has 2 nitrogen and oxygen atoms in total. The summed E-state index contributed by atoms with van der Waals surface area (Å²) < 4.78 is 42.2. The summed E-state index contributed by atoms with van der Waals surface area (Å²) in [5, 5.41) is 0. The molecular weight excluding hydrogens is 195 g/mol. The molecule has 0 amide bonds. The van der Waals surface area contributed by atoms with E-state index in [1.807, 2.05) is 0 Å². The molecule has 0 spiro atoms. The highest BCUT2D eigenvalue weighted by Crippen LogP contribution is 2.40. The standard InChI is InChI=1S/C9H10F3NO/c10-9(11,12)5-3-7(13)6-1-2-14-8(6)4-5/h1-2,5,7H,3-4,13H2/t5-,7+/m0/s1. The van der Waals surface area contributed by atoms with Gasteiger partial charge in [-0.2, -0.15) is 13.2 Å². The van der Waals surface area contributed by atoms with Crippen LogP contribution in [0.4, 0.5) is 13.2 Å². The normalized spacial score (nSPS) is 27.4. The summed E-state index contributed by atoms with van der Waals surface area (Å²) in [6.45, 7) is 0. The van der Waals surface area contributed by atoms with Gasteiger partial charge in [0.15, 0.2) is 0 Å². The van der Waals surface area contributed by atoms with Gasteiger partial charge in [-0.3, -0.25) is 0 Å². The zero-order valence-electron chi connectivity index (χ0n) is 7.34. The first-order chi connectivity index (χ1) is 6.48. The van der Waals surface area contributed by atoms with Crippen molar-refractivity contribution in [2.24, 2.45) is 11.7 Å². The van der Waals surface area contributed by atoms with Crippen molar-refractivity contribution < 1.29 is 17.6 Å². The molecule has 0 radical (unpaired) electrons. The van der Waals surface area contributed by atoms with E-state index in [1.54, 1.807) is 6.07 Å². The second kappa shape index (κ2) is 3.02. The molecule has 0 fully saturated rings. The van der Waals surface area contributed by atoms with E-state index in [0.29, 0.717) is 11.3 Å². The number of fused-ring (bicyclic) bond motifs is 1. The highest BCUT2D eigenvalue weighted by atomic mass is 19.4. The van der Waals surface area contributed by atoms with Gasteiger partial charge in [0.25, 0.3) is 0 Å². The van der Waals surface area contributed by atoms with E-state index in [9.17, 15) is 13.2 Å². The van der Waals surface area contributed by atoms with Crippen molar-refractivity contribution in [1.82, 2.24) is 0 Å². The van der Waals surface area contributed by atoms with Gasteiger partial charge in [0.05, 0.1) is 12.2 Å². The molecule has 0 aliphatic heterocycles. The fourth-order valence-electron chi connectivity index (χ4n) is 1.84. The summed E-state index contributed by atoms with van der Waals surface area (Å²) in [5.74, 6) is -0.984. The van der Waals surface area contributed by atoms with Crippen molar-refractivity contribution in [3.05, 3.63) is 23.7 Å². The van der Waals surface area contributed by atoms with Crippen LogP contribution in [0.25, 0.3) is 0 Å². The Bertz CT molecular complexity index is 331. The number of halogens is 3. The molecule has 5 heteroatoms. The van der Waals surface area contributed by atoms with Crippen molar-refractivity contribution in [2.75, 3.05) is 0 Å². The number of nitrogens with two attached hydrogens (primary N) is 1. The molecular formula is C9H10F3NO. The van der Waals surface area contributed by atoms with E-state index in [2.05, 4.69) is 0 Å². The SMILES string of the molecule is N[C@@H]1C[C@H](C(F)(F)F)Cc2occc21. The number of rotatable bonds is 0. The summed E-state index contributed by atoms with van der Waals surface area (Å²) in [6.07, 6.45) is -2.92. The average molecular weight is 205 g/mol. The molecule has 0 unspecified atom stereocenters. The van der Waals surface area contributed by atoms with Gasteiger partial charge in [0, 0.05) is 18.0 Å². The summed E-state index contributed by atoms with van der Waals surface area (Å²) in [6, 6.07) is 1.09. The zero-order chi connectivity index (χ0) is 10.3. The predicted molar refractivity (Wildman–Crippen MR) is 43.5 cm³/mol. The van der Waals surface area contributed by atoms with E-state index in [-0.39, 0.29) is 12.8 Å². The lowest BCUT2D eigenvalue weighted by molar-refractivity contribution is -0.179. The van der Waals surface area contributed by atoms with E-state index in [0.717, 1.165) is 0 Å². The summed E-state index contributed by atoms with van der Waals surface area (Å²) in [7, 11) is 0. The van der Waals surface area contributed by atoms with Crippen LogP contribution in [0.1, 0.15) is 23.8 Å². The van der Waals surface area contributed by atoms with Crippen LogP contribution in [0.2, 0.25) is 0 Å². The molecule has 1 aromatic rings. The van der Waals surface area contributed by atoms with Crippen LogP contribution in [0.5, 0.6) is 0 Å². The van der Waals surface area contributed by atoms with Gasteiger partial charge in [-0.05, 0) is 12.5 Å². The molecule has 2 N–H and O–H groups in total. The molecule has 2 atom stereocenters. The summed E-state index contributed by atoms with van der Waals surface area (Å²) >= 11 is 0. The molecule has 1 aromatic heterocycles. The highest BCUT2D eigenvalue weighted by Gasteiger charge is 2.44. The minimum absolute atomic E-state index is 0.0456. The minimum Gasteiger partial charge on any atom is -0.469 e. The Morgan fingerprint density at radius 1 is 1.43 bits per heavy atom. The number of furan rings is 1. The molecule has 0 aromatic carbocycles. The molecule has 2 rings (SSSR count). The summed E-state index contributed by atoms with van der Waals surface area (Å²) in [5.41, 5.74) is 6.33. The third-order valence-corrected chi connectivity index (χ3v) is 2.61.